The molecule has 0 radical (unpaired) electrons. The predicted molar refractivity (Wildman–Crippen MR) is 115 cm³/mol. The molecule has 0 unspecified atom stereocenters. The first kappa shape index (κ1) is 20.6. The molecule has 5 heteroatoms. The van der Waals surface area contributed by atoms with E-state index in [9.17, 15) is 9.59 Å². The van der Waals surface area contributed by atoms with Crippen molar-refractivity contribution in [1.29, 1.82) is 0 Å². The average molecular weight is 408 g/mol. The van der Waals surface area contributed by atoms with Gasteiger partial charge in [0.2, 0.25) is 0 Å². The van der Waals surface area contributed by atoms with Gasteiger partial charge < -0.3 is 9.84 Å². The van der Waals surface area contributed by atoms with Crippen LogP contribution in [-0.4, -0.2) is 47.5 Å². The smallest absolute Gasteiger partial charge is 0.335 e. The van der Waals surface area contributed by atoms with Crippen molar-refractivity contribution < 1.29 is 19.4 Å². The van der Waals surface area contributed by atoms with E-state index in [0.29, 0.717) is 18.8 Å². The lowest BCUT2D eigenvalue weighted by atomic mass is 9.86. The average Bonchev–Trinajstić information content (AvgIpc) is 3.55. The third kappa shape index (κ3) is 4.73. The molecule has 1 N–H and O–H groups in total. The first-order valence-electron chi connectivity index (χ1n) is 10.9. The maximum atomic E-state index is 13.3. The van der Waals surface area contributed by atoms with Crippen molar-refractivity contribution in [2.24, 2.45) is 0 Å². The fraction of sp³-hybridized carbons (Fsp3) is 0.440. The molecule has 0 bridgehead atoms. The lowest BCUT2D eigenvalue weighted by Gasteiger charge is -2.35. The fourth-order valence-corrected chi connectivity index (χ4v) is 4.56. The van der Waals surface area contributed by atoms with Crippen LogP contribution < -0.4 is 4.74 Å². The highest BCUT2D eigenvalue weighted by molar-refractivity contribution is 5.88. The van der Waals surface area contributed by atoms with Crippen molar-refractivity contribution in [3.63, 3.8) is 0 Å². The molecule has 1 atom stereocenters. The molecule has 158 valence electrons. The van der Waals surface area contributed by atoms with Crippen molar-refractivity contribution >= 4 is 11.8 Å². The number of hydrogen-bond donors (Lipinski definition) is 1. The largest absolute Gasteiger partial charge is 0.492 e. The second kappa shape index (κ2) is 9.00. The number of ether oxygens (including phenoxy) is 1. The highest BCUT2D eigenvalue weighted by Crippen LogP contribution is 2.51. The number of aromatic carboxylic acids is 1. The van der Waals surface area contributed by atoms with Gasteiger partial charge in [0.25, 0.3) is 0 Å². The first-order chi connectivity index (χ1) is 14.6. The standard InChI is InChI=1S/C25H29NO4/c27-23(18-25(13-14-25)20-11-9-19(10-12-20)24(28)29)22-8-4-5-15-26(22)16-17-30-21-6-2-1-3-7-21/h1-3,6-7,9-12,22H,4-5,8,13-18H2,(H,28,29)/t22-/m1/s1. The molecule has 0 amide bonds. The summed E-state index contributed by atoms with van der Waals surface area (Å²) in [5.41, 5.74) is 1.28. The van der Waals surface area contributed by atoms with Crippen LogP contribution in [0.2, 0.25) is 0 Å². The lowest BCUT2D eigenvalue weighted by molar-refractivity contribution is -0.126. The molecular weight excluding hydrogens is 378 g/mol. The summed E-state index contributed by atoms with van der Waals surface area (Å²) in [4.78, 5) is 26.7. The molecule has 5 nitrogen and oxygen atoms in total. The molecule has 2 aliphatic rings. The maximum absolute atomic E-state index is 13.3. The molecule has 1 aliphatic heterocycles. The van der Waals surface area contributed by atoms with E-state index in [-0.39, 0.29) is 17.0 Å². The number of para-hydroxylation sites is 1. The molecule has 2 fully saturated rings. The van der Waals surface area contributed by atoms with Gasteiger partial charge in [0.1, 0.15) is 12.4 Å². The van der Waals surface area contributed by atoms with Gasteiger partial charge in [0.05, 0.1) is 11.6 Å². The van der Waals surface area contributed by atoms with Crippen LogP contribution in [0.3, 0.4) is 0 Å². The number of ketones is 1. The Labute approximate surface area is 177 Å². The van der Waals surface area contributed by atoms with Gasteiger partial charge in [0.15, 0.2) is 5.78 Å². The number of carbonyl (C=O) groups excluding carboxylic acids is 1. The van der Waals surface area contributed by atoms with E-state index < -0.39 is 5.97 Å². The number of Topliss-reactive ketones (excluding diaryl/α,β-unsaturated/α-hetero) is 1. The van der Waals surface area contributed by atoms with Gasteiger partial charge in [-0.15, -0.1) is 0 Å². The van der Waals surface area contributed by atoms with Gasteiger partial charge in [-0.05, 0) is 62.1 Å². The van der Waals surface area contributed by atoms with Gasteiger partial charge in [0, 0.05) is 18.4 Å². The quantitative estimate of drug-likeness (QED) is 0.671. The summed E-state index contributed by atoms with van der Waals surface area (Å²) < 4.78 is 5.85. The van der Waals surface area contributed by atoms with Crippen LogP contribution in [-0.2, 0) is 10.2 Å². The van der Waals surface area contributed by atoms with Crippen LogP contribution in [0.5, 0.6) is 5.75 Å². The van der Waals surface area contributed by atoms with Crippen molar-refractivity contribution in [2.45, 2.75) is 50.0 Å². The lowest BCUT2D eigenvalue weighted by Crippen LogP contribution is -2.47. The normalized spacial score (nSPS) is 20.5. The molecule has 1 saturated heterocycles. The SMILES string of the molecule is O=C(O)c1ccc(C2(CC(=O)[C@H]3CCCCN3CCOc3ccccc3)CC2)cc1. The van der Waals surface area contributed by atoms with Crippen LogP contribution >= 0.6 is 0 Å². The van der Waals surface area contributed by atoms with Crippen molar-refractivity contribution in [3.8, 4) is 5.75 Å². The van der Waals surface area contributed by atoms with E-state index in [1.165, 1.54) is 0 Å². The molecule has 2 aromatic rings. The third-order valence-corrected chi connectivity index (χ3v) is 6.49. The van der Waals surface area contributed by atoms with Crippen LogP contribution in [0.25, 0.3) is 0 Å². The van der Waals surface area contributed by atoms with Crippen LogP contribution in [0.15, 0.2) is 54.6 Å². The third-order valence-electron chi connectivity index (χ3n) is 6.49. The maximum Gasteiger partial charge on any atom is 0.335 e. The van der Waals surface area contributed by atoms with E-state index >= 15 is 0 Å². The fourth-order valence-electron chi connectivity index (χ4n) is 4.56. The molecule has 2 aromatic carbocycles. The Hall–Kier alpha value is -2.66. The van der Waals surface area contributed by atoms with Crippen molar-refractivity contribution in [2.75, 3.05) is 19.7 Å². The number of benzene rings is 2. The minimum atomic E-state index is -0.918. The number of likely N-dealkylation sites (tertiary alicyclic amines) is 1. The second-order valence-electron chi connectivity index (χ2n) is 8.51. The summed E-state index contributed by atoms with van der Waals surface area (Å²) >= 11 is 0. The zero-order valence-corrected chi connectivity index (χ0v) is 17.3. The Morgan fingerprint density at radius 3 is 2.43 bits per heavy atom. The monoisotopic (exact) mass is 407 g/mol. The van der Waals surface area contributed by atoms with E-state index in [0.717, 1.165) is 56.5 Å². The van der Waals surface area contributed by atoms with E-state index in [1.807, 2.05) is 42.5 Å². The van der Waals surface area contributed by atoms with Crippen molar-refractivity contribution in [3.05, 3.63) is 65.7 Å². The number of carboxylic acid groups (broad SMARTS) is 1. The summed E-state index contributed by atoms with van der Waals surface area (Å²) in [5.74, 6) is 0.256. The highest BCUT2D eigenvalue weighted by Gasteiger charge is 2.47. The Morgan fingerprint density at radius 1 is 1.03 bits per heavy atom. The number of piperidine rings is 1. The van der Waals surface area contributed by atoms with Gasteiger partial charge in [-0.25, -0.2) is 4.79 Å². The van der Waals surface area contributed by atoms with Gasteiger partial charge in [-0.3, -0.25) is 9.69 Å². The van der Waals surface area contributed by atoms with Crippen LogP contribution in [0, 0.1) is 0 Å². The Balaban J connectivity index is 1.36. The topological polar surface area (TPSA) is 66.8 Å². The van der Waals surface area contributed by atoms with Crippen LogP contribution in [0.1, 0.15) is 54.4 Å². The molecular formula is C25H29NO4. The van der Waals surface area contributed by atoms with E-state index in [4.69, 9.17) is 9.84 Å². The first-order valence-corrected chi connectivity index (χ1v) is 10.9. The zero-order valence-electron chi connectivity index (χ0n) is 17.3. The predicted octanol–water partition coefficient (Wildman–Crippen LogP) is 4.31. The van der Waals surface area contributed by atoms with Gasteiger partial charge >= 0.3 is 5.97 Å². The Kier molecular flexibility index (Phi) is 6.18. The summed E-state index contributed by atoms with van der Waals surface area (Å²) in [7, 11) is 0. The van der Waals surface area contributed by atoms with Crippen LogP contribution in [0.4, 0.5) is 0 Å². The number of rotatable bonds is 9. The number of carboxylic acids is 1. The van der Waals surface area contributed by atoms with Gasteiger partial charge in [-0.2, -0.15) is 0 Å². The Morgan fingerprint density at radius 2 is 1.77 bits per heavy atom. The summed E-state index contributed by atoms with van der Waals surface area (Å²) in [6.45, 7) is 2.27. The van der Waals surface area contributed by atoms with E-state index in [1.54, 1.807) is 12.1 Å². The molecule has 0 aromatic heterocycles. The minimum absolute atomic E-state index is 0.0334. The summed E-state index contributed by atoms with van der Waals surface area (Å²) in [5, 5.41) is 9.11. The second-order valence-corrected chi connectivity index (χ2v) is 8.51. The summed E-state index contributed by atoms with van der Waals surface area (Å²) in [6, 6.07) is 16.8. The summed E-state index contributed by atoms with van der Waals surface area (Å²) in [6.07, 6.45) is 5.66. The molecule has 0 spiro atoms. The van der Waals surface area contributed by atoms with E-state index in [2.05, 4.69) is 4.90 Å². The molecule has 1 saturated carbocycles. The van der Waals surface area contributed by atoms with Gasteiger partial charge in [-0.1, -0.05) is 36.8 Å². The molecule has 1 aliphatic carbocycles. The number of carbonyl (C=O) groups is 2. The Bertz CT molecular complexity index is 874. The highest BCUT2D eigenvalue weighted by atomic mass is 16.5. The number of hydrogen-bond acceptors (Lipinski definition) is 4. The molecule has 30 heavy (non-hydrogen) atoms. The van der Waals surface area contributed by atoms with Crippen molar-refractivity contribution in [1.82, 2.24) is 4.90 Å². The molecule has 4 rings (SSSR count). The zero-order chi connectivity index (χ0) is 21.0. The molecule has 1 heterocycles. The number of nitrogens with zero attached hydrogens (tertiary/aromatic N) is 1. The minimum Gasteiger partial charge on any atom is -0.492 e.